The van der Waals surface area contributed by atoms with Crippen LogP contribution in [0.3, 0.4) is 0 Å². The lowest BCUT2D eigenvalue weighted by Crippen LogP contribution is -2.23. The van der Waals surface area contributed by atoms with Crippen LogP contribution in [-0.4, -0.2) is 16.5 Å². The average molecular weight is 277 g/mol. The van der Waals surface area contributed by atoms with Crippen molar-refractivity contribution in [3.05, 3.63) is 72.3 Å². The second kappa shape index (κ2) is 6.46. The van der Waals surface area contributed by atoms with E-state index in [-0.39, 0.29) is 6.04 Å². The SMILES string of the molecule is CCNC(Cc1cccnc1)c1cccc2cnccc12. The van der Waals surface area contributed by atoms with E-state index in [2.05, 4.69) is 52.5 Å². The standard InChI is InChI=1S/C18H19N3/c1-2-21-18(11-14-5-4-9-19-12-14)17-7-3-6-15-13-20-10-8-16(15)17/h3-10,12-13,18,21H,2,11H2,1H3. The Morgan fingerprint density at radius 1 is 1.00 bits per heavy atom. The summed E-state index contributed by atoms with van der Waals surface area (Å²) in [5.41, 5.74) is 2.56. The highest BCUT2D eigenvalue weighted by molar-refractivity contribution is 5.85. The molecule has 2 heterocycles. The summed E-state index contributed by atoms with van der Waals surface area (Å²) < 4.78 is 0. The molecule has 0 aliphatic carbocycles. The minimum absolute atomic E-state index is 0.283. The van der Waals surface area contributed by atoms with Crippen molar-refractivity contribution in [1.29, 1.82) is 0 Å². The summed E-state index contributed by atoms with van der Waals surface area (Å²) in [4.78, 5) is 8.43. The highest BCUT2D eigenvalue weighted by Crippen LogP contribution is 2.26. The number of fused-ring (bicyclic) bond motifs is 1. The van der Waals surface area contributed by atoms with Crippen molar-refractivity contribution in [3.8, 4) is 0 Å². The molecule has 1 aromatic carbocycles. The normalized spacial score (nSPS) is 12.4. The average Bonchev–Trinajstić information content (AvgIpc) is 2.55. The smallest absolute Gasteiger partial charge is 0.0367 e. The van der Waals surface area contributed by atoms with Gasteiger partial charge in [-0.2, -0.15) is 0 Å². The number of hydrogen-bond acceptors (Lipinski definition) is 3. The molecule has 1 N–H and O–H groups in total. The number of pyridine rings is 2. The zero-order valence-corrected chi connectivity index (χ0v) is 12.2. The fourth-order valence-corrected chi connectivity index (χ4v) is 2.74. The molecule has 0 aliphatic heterocycles. The van der Waals surface area contributed by atoms with Crippen molar-refractivity contribution in [2.24, 2.45) is 0 Å². The van der Waals surface area contributed by atoms with Gasteiger partial charge in [0.2, 0.25) is 0 Å². The van der Waals surface area contributed by atoms with Crippen molar-refractivity contribution in [3.63, 3.8) is 0 Å². The number of rotatable bonds is 5. The van der Waals surface area contributed by atoms with E-state index >= 15 is 0 Å². The van der Waals surface area contributed by atoms with Gasteiger partial charge in [-0.05, 0) is 41.6 Å². The van der Waals surface area contributed by atoms with E-state index in [1.807, 2.05) is 30.9 Å². The molecular formula is C18H19N3. The first-order valence-electron chi connectivity index (χ1n) is 7.33. The molecular weight excluding hydrogens is 258 g/mol. The van der Waals surface area contributed by atoms with Crippen molar-refractivity contribution in [1.82, 2.24) is 15.3 Å². The Labute approximate surface area is 125 Å². The van der Waals surface area contributed by atoms with Crippen molar-refractivity contribution in [2.75, 3.05) is 6.54 Å². The molecule has 0 bridgehead atoms. The second-order valence-corrected chi connectivity index (χ2v) is 5.12. The van der Waals surface area contributed by atoms with Gasteiger partial charge in [0.25, 0.3) is 0 Å². The lowest BCUT2D eigenvalue weighted by molar-refractivity contribution is 0.552. The van der Waals surface area contributed by atoms with Crippen LogP contribution in [0.4, 0.5) is 0 Å². The molecule has 3 heteroatoms. The van der Waals surface area contributed by atoms with Gasteiger partial charge in [-0.3, -0.25) is 9.97 Å². The maximum atomic E-state index is 4.22. The molecule has 106 valence electrons. The van der Waals surface area contributed by atoms with Crippen LogP contribution in [0.5, 0.6) is 0 Å². The van der Waals surface area contributed by atoms with Gasteiger partial charge in [0.05, 0.1) is 0 Å². The predicted octanol–water partition coefficient (Wildman–Crippen LogP) is 3.52. The summed E-state index contributed by atoms with van der Waals surface area (Å²) in [6.45, 7) is 3.08. The summed E-state index contributed by atoms with van der Waals surface area (Å²) in [6.07, 6.45) is 8.47. The predicted molar refractivity (Wildman–Crippen MR) is 86.1 cm³/mol. The summed E-state index contributed by atoms with van der Waals surface area (Å²) in [7, 11) is 0. The number of nitrogens with zero attached hydrogens (tertiary/aromatic N) is 2. The van der Waals surface area contributed by atoms with Crippen molar-refractivity contribution >= 4 is 10.8 Å². The highest BCUT2D eigenvalue weighted by atomic mass is 14.9. The Balaban J connectivity index is 1.99. The highest BCUT2D eigenvalue weighted by Gasteiger charge is 2.14. The molecule has 0 saturated heterocycles. The molecule has 1 atom stereocenters. The van der Waals surface area contributed by atoms with E-state index in [4.69, 9.17) is 0 Å². The third kappa shape index (κ3) is 3.09. The molecule has 0 fully saturated rings. The fraction of sp³-hybridized carbons (Fsp3) is 0.222. The van der Waals surface area contributed by atoms with E-state index in [0.717, 1.165) is 13.0 Å². The van der Waals surface area contributed by atoms with Gasteiger partial charge in [-0.15, -0.1) is 0 Å². The van der Waals surface area contributed by atoms with Crippen LogP contribution in [0.25, 0.3) is 10.8 Å². The van der Waals surface area contributed by atoms with Gasteiger partial charge in [-0.1, -0.05) is 31.2 Å². The van der Waals surface area contributed by atoms with E-state index < -0.39 is 0 Å². The molecule has 1 unspecified atom stereocenters. The van der Waals surface area contributed by atoms with Crippen molar-refractivity contribution in [2.45, 2.75) is 19.4 Å². The number of nitrogens with one attached hydrogen (secondary N) is 1. The maximum Gasteiger partial charge on any atom is 0.0367 e. The van der Waals surface area contributed by atoms with E-state index in [9.17, 15) is 0 Å². The largest absolute Gasteiger partial charge is 0.310 e. The number of likely N-dealkylation sites (N-methyl/N-ethyl adjacent to an activating group) is 1. The molecule has 3 nitrogen and oxygen atoms in total. The number of aromatic nitrogens is 2. The van der Waals surface area contributed by atoms with Crippen molar-refractivity contribution < 1.29 is 0 Å². The quantitative estimate of drug-likeness (QED) is 0.775. The summed E-state index contributed by atoms with van der Waals surface area (Å²) >= 11 is 0. The van der Waals surface area contributed by atoms with Gasteiger partial charge in [0.1, 0.15) is 0 Å². The van der Waals surface area contributed by atoms with Crippen LogP contribution in [0.15, 0.2) is 61.2 Å². The first-order chi connectivity index (χ1) is 10.4. The minimum atomic E-state index is 0.283. The number of benzene rings is 1. The first kappa shape index (κ1) is 13.7. The molecule has 0 radical (unpaired) electrons. The zero-order valence-electron chi connectivity index (χ0n) is 12.2. The molecule has 3 rings (SSSR count). The Bertz CT molecular complexity index is 704. The summed E-state index contributed by atoms with van der Waals surface area (Å²) in [6, 6.07) is 12.9. The van der Waals surface area contributed by atoms with E-state index in [0.29, 0.717) is 0 Å². The number of hydrogen-bond donors (Lipinski definition) is 1. The fourth-order valence-electron chi connectivity index (χ4n) is 2.74. The lowest BCUT2D eigenvalue weighted by atomic mass is 9.95. The minimum Gasteiger partial charge on any atom is -0.310 e. The lowest BCUT2D eigenvalue weighted by Gasteiger charge is -2.20. The molecule has 2 aromatic heterocycles. The van der Waals surface area contributed by atoms with Crippen LogP contribution in [-0.2, 0) is 6.42 Å². The molecule has 0 spiro atoms. The van der Waals surface area contributed by atoms with Crippen LogP contribution < -0.4 is 5.32 Å². The second-order valence-electron chi connectivity index (χ2n) is 5.12. The Hall–Kier alpha value is -2.26. The molecule has 0 saturated carbocycles. The summed E-state index contributed by atoms with van der Waals surface area (Å²) in [5.74, 6) is 0. The van der Waals surface area contributed by atoms with E-state index in [1.54, 1.807) is 0 Å². The Morgan fingerprint density at radius 2 is 1.90 bits per heavy atom. The first-order valence-corrected chi connectivity index (χ1v) is 7.33. The van der Waals surface area contributed by atoms with Crippen LogP contribution in [0.1, 0.15) is 24.1 Å². The zero-order chi connectivity index (χ0) is 14.5. The molecule has 3 aromatic rings. The Kier molecular flexibility index (Phi) is 4.22. The van der Waals surface area contributed by atoms with Crippen LogP contribution >= 0.6 is 0 Å². The summed E-state index contributed by atoms with van der Waals surface area (Å²) in [5, 5.41) is 6.04. The third-order valence-corrected chi connectivity index (χ3v) is 3.70. The van der Waals surface area contributed by atoms with Gasteiger partial charge in [-0.25, -0.2) is 0 Å². The topological polar surface area (TPSA) is 37.8 Å². The maximum absolute atomic E-state index is 4.22. The molecule has 0 amide bonds. The molecule has 0 aliphatic rings. The van der Waals surface area contributed by atoms with Crippen LogP contribution in [0, 0.1) is 0 Å². The van der Waals surface area contributed by atoms with Gasteiger partial charge in [0, 0.05) is 36.2 Å². The van der Waals surface area contributed by atoms with Gasteiger partial charge in [0.15, 0.2) is 0 Å². The van der Waals surface area contributed by atoms with Gasteiger partial charge >= 0.3 is 0 Å². The Morgan fingerprint density at radius 3 is 2.71 bits per heavy atom. The van der Waals surface area contributed by atoms with Gasteiger partial charge < -0.3 is 5.32 Å². The van der Waals surface area contributed by atoms with Crippen LogP contribution in [0.2, 0.25) is 0 Å². The third-order valence-electron chi connectivity index (χ3n) is 3.70. The monoisotopic (exact) mass is 277 g/mol. The van der Waals surface area contributed by atoms with E-state index in [1.165, 1.54) is 21.9 Å². The molecule has 21 heavy (non-hydrogen) atoms.